The highest BCUT2D eigenvalue weighted by molar-refractivity contribution is 7.92. The van der Waals surface area contributed by atoms with Crippen LogP contribution in [0.4, 0.5) is 0 Å². The molecule has 2 atom stereocenters. The van der Waals surface area contributed by atoms with Crippen LogP contribution in [0.15, 0.2) is 35.5 Å². The number of rotatable bonds is 12. The van der Waals surface area contributed by atoms with Crippen LogP contribution in [0.25, 0.3) is 0 Å². The van der Waals surface area contributed by atoms with E-state index in [9.17, 15) is 23.1 Å². The van der Waals surface area contributed by atoms with Gasteiger partial charge in [0.1, 0.15) is 18.2 Å². The smallest absolute Gasteiger partial charge is 0.232 e. The van der Waals surface area contributed by atoms with Crippen molar-refractivity contribution in [1.29, 1.82) is 0 Å². The molecule has 0 unspecified atom stereocenters. The first-order valence-electron chi connectivity index (χ1n) is 13.6. The van der Waals surface area contributed by atoms with Crippen molar-refractivity contribution < 1.29 is 27.9 Å². The van der Waals surface area contributed by atoms with Crippen molar-refractivity contribution in [2.24, 2.45) is 5.92 Å². The lowest BCUT2D eigenvalue weighted by molar-refractivity contribution is -0.121. The molecule has 1 aromatic heterocycles. The third-order valence-electron chi connectivity index (χ3n) is 7.64. The Balaban J connectivity index is 1.38. The van der Waals surface area contributed by atoms with E-state index in [0.717, 1.165) is 30.4 Å². The fraction of sp³-hybridized carbons (Fsp3) is 0.586. The van der Waals surface area contributed by atoms with Gasteiger partial charge >= 0.3 is 0 Å². The largest absolute Gasteiger partial charge is 0.474 e. The van der Waals surface area contributed by atoms with E-state index in [1.807, 2.05) is 6.07 Å². The van der Waals surface area contributed by atoms with Gasteiger partial charge in [-0.2, -0.15) is 0 Å². The summed E-state index contributed by atoms with van der Waals surface area (Å²) in [5.41, 5.74) is 1.18. The highest BCUT2D eigenvalue weighted by atomic mass is 32.2. The van der Waals surface area contributed by atoms with Crippen LogP contribution < -0.4 is 4.74 Å². The number of Topliss-reactive ketones (excluding diaryl/α,β-unsaturated/α-hetero) is 2. The molecule has 204 valence electrons. The minimum atomic E-state index is -3.34. The SMILES string of the molecule is CC(C)(O)COc1cnc(CC(=O)[C@H](C[C@H]2CCC(=O)C2)c2ccc(S(=O)(=O)C3CC3)c(C3CC3)c2)cn1. The molecule has 1 aromatic carbocycles. The molecule has 3 aliphatic carbocycles. The van der Waals surface area contributed by atoms with Crippen LogP contribution in [0, 0.1) is 5.92 Å². The van der Waals surface area contributed by atoms with E-state index in [1.54, 1.807) is 26.0 Å². The summed E-state index contributed by atoms with van der Waals surface area (Å²) in [5, 5.41) is 9.56. The van der Waals surface area contributed by atoms with Gasteiger partial charge in [-0.05, 0) is 81.4 Å². The second-order valence-electron chi connectivity index (χ2n) is 11.8. The maximum absolute atomic E-state index is 13.7. The van der Waals surface area contributed by atoms with Crippen molar-refractivity contribution in [1.82, 2.24) is 9.97 Å². The summed E-state index contributed by atoms with van der Waals surface area (Å²) in [6.07, 6.45) is 8.76. The normalized spacial score (nSPS) is 20.9. The van der Waals surface area contributed by atoms with Gasteiger partial charge in [0.05, 0.1) is 40.3 Å². The summed E-state index contributed by atoms with van der Waals surface area (Å²) in [5.74, 6) is 0.394. The molecule has 0 bridgehead atoms. The molecule has 5 rings (SSSR count). The lowest BCUT2D eigenvalue weighted by Crippen LogP contribution is -2.28. The highest BCUT2D eigenvalue weighted by Gasteiger charge is 2.41. The zero-order valence-corrected chi connectivity index (χ0v) is 22.9. The number of ether oxygens (including phenoxy) is 1. The third kappa shape index (κ3) is 6.49. The molecular weight excluding hydrogens is 504 g/mol. The van der Waals surface area contributed by atoms with E-state index < -0.39 is 21.4 Å². The number of benzene rings is 1. The lowest BCUT2D eigenvalue weighted by atomic mass is 9.83. The zero-order chi connectivity index (χ0) is 27.1. The van der Waals surface area contributed by atoms with E-state index >= 15 is 0 Å². The van der Waals surface area contributed by atoms with Crippen molar-refractivity contribution in [3.63, 3.8) is 0 Å². The molecular formula is C29H36N2O6S. The highest BCUT2D eigenvalue weighted by Crippen LogP contribution is 2.47. The Labute approximate surface area is 224 Å². The van der Waals surface area contributed by atoms with Gasteiger partial charge in [-0.25, -0.2) is 13.4 Å². The summed E-state index contributed by atoms with van der Waals surface area (Å²) < 4.78 is 31.7. The average molecular weight is 541 g/mol. The Hall–Kier alpha value is -2.65. The molecule has 0 aliphatic heterocycles. The molecule has 3 aliphatic rings. The quantitative estimate of drug-likeness (QED) is 0.427. The van der Waals surface area contributed by atoms with E-state index in [1.165, 1.54) is 12.4 Å². The van der Waals surface area contributed by atoms with Gasteiger partial charge in [-0.15, -0.1) is 0 Å². The number of ketones is 2. The second kappa shape index (κ2) is 10.5. The number of carbonyl (C=O) groups excluding carboxylic acids is 2. The van der Waals surface area contributed by atoms with Gasteiger partial charge in [0, 0.05) is 18.8 Å². The van der Waals surface area contributed by atoms with E-state index in [2.05, 4.69) is 9.97 Å². The maximum atomic E-state index is 13.7. The zero-order valence-electron chi connectivity index (χ0n) is 22.1. The Bertz CT molecular complexity index is 1310. The van der Waals surface area contributed by atoms with Gasteiger partial charge in [0.25, 0.3) is 0 Å². The van der Waals surface area contributed by atoms with Crippen molar-refractivity contribution in [3.05, 3.63) is 47.4 Å². The number of sulfone groups is 1. The summed E-state index contributed by atoms with van der Waals surface area (Å²) in [6, 6.07) is 5.47. The van der Waals surface area contributed by atoms with E-state index in [4.69, 9.17) is 4.74 Å². The first-order valence-corrected chi connectivity index (χ1v) is 15.1. The monoisotopic (exact) mass is 540 g/mol. The van der Waals surface area contributed by atoms with Crippen molar-refractivity contribution >= 4 is 21.4 Å². The Morgan fingerprint density at radius 3 is 2.47 bits per heavy atom. The van der Waals surface area contributed by atoms with E-state index in [-0.39, 0.29) is 47.6 Å². The molecule has 0 amide bonds. The minimum Gasteiger partial charge on any atom is -0.474 e. The molecule has 0 radical (unpaired) electrons. The fourth-order valence-corrected chi connectivity index (χ4v) is 7.18. The number of aromatic nitrogens is 2. The van der Waals surface area contributed by atoms with Crippen LogP contribution in [0.2, 0.25) is 0 Å². The molecule has 3 saturated carbocycles. The van der Waals surface area contributed by atoms with Crippen molar-refractivity contribution in [2.45, 2.75) is 99.2 Å². The van der Waals surface area contributed by atoms with Gasteiger partial charge < -0.3 is 9.84 Å². The van der Waals surface area contributed by atoms with Crippen LogP contribution in [-0.2, 0) is 25.8 Å². The average Bonchev–Trinajstić information content (AvgIpc) is 3.79. The first kappa shape index (κ1) is 26.9. The molecule has 9 heteroatoms. The third-order valence-corrected chi connectivity index (χ3v) is 9.97. The van der Waals surface area contributed by atoms with Gasteiger partial charge in [-0.3, -0.25) is 14.6 Å². The van der Waals surface area contributed by atoms with Crippen LogP contribution >= 0.6 is 0 Å². The molecule has 2 aromatic rings. The van der Waals surface area contributed by atoms with Crippen LogP contribution in [-0.4, -0.2) is 52.5 Å². The molecule has 0 spiro atoms. The standard InChI is InChI=1S/C29H36N2O6S/c1-29(2,34)17-37-28-16-30-21(15-31-28)14-26(33)24(12-18-3-7-22(32)11-18)20-6-10-27(25(13-20)19-4-5-19)38(35,36)23-8-9-23/h6,10,13,15-16,18-19,23-24,34H,3-5,7-9,11-12,14,17H2,1-2H3/t18-,24+/m0/s1. The van der Waals surface area contributed by atoms with Crippen molar-refractivity contribution in [2.75, 3.05) is 6.61 Å². The topological polar surface area (TPSA) is 124 Å². The summed E-state index contributed by atoms with van der Waals surface area (Å²) >= 11 is 0. The molecule has 1 heterocycles. The molecule has 0 saturated heterocycles. The van der Waals surface area contributed by atoms with Crippen molar-refractivity contribution in [3.8, 4) is 5.88 Å². The van der Waals surface area contributed by atoms with Gasteiger partial charge in [0.15, 0.2) is 9.84 Å². The molecule has 3 fully saturated rings. The lowest BCUT2D eigenvalue weighted by Gasteiger charge is -2.22. The Morgan fingerprint density at radius 2 is 1.89 bits per heavy atom. The predicted molar refractivity (Wildman–Crippen MR) is 141 cm³/mol. The first-order chi connectivity index (χ1) is 18.0. The van der Waals surface area contributed by atoms with Crippen LogP contribution in [0.3, 0.4) is 0 Å². The van der Waals surface area contributed by atoms with Gasteiger partial charge in [0.2, 0.25) is 5.88 Å². The number of hydrogen-bond donors (Lipinski definition) is 1. The molecule has 8 nitrogen and oxygen atoms in total. The predicted octanol–water partition coefficient (Wildman–Crippen LogP) is 4.09. The maximum Gasteiger partial charge on any atom is 0.232 e. The summed E-state index contributed by atoms with van der Waals surface area (Å²) in [7, 11) is -3.34. The number of hydrogen-bond acceptors (Lipinski definition) is 8. The molecule has 38 heavy (non-hydrogen) atoms. The summed E-state index contributed by atoms with van der Waals surface area (Å²) in [6.45, 7) is 3.33. The second-order valence-corrected chi connectivity index (χ2v) is 14.0. The van der Waals surface area contributed by atoms with Crippen LogP contribution in [0.5, 0.6) is 5.88 Å². The van der Waals surface area contributed by atoms with Gasteiger partial charge in [-0.1, -0.05) is 12.1 Å². The molecule has 1 N–H and O–H groups in total. The Kier molecular flexibility index (Phi) is 7.44. The summed E-state index contributed by atoms with van der Waals surface area (Å²) in [4.78, 5) is 34.6. The Morgan fingerprint density at radius 1 is 1.13 bits per heavy atom. The fourth-order valence-electron chi connectivity index (χ4n) is 5.25. The number of nitrogens with zero attached hydrogens (tertiary/aromatic N) is 2. The van der Waals surface area contributed by atoms with E-state index in [0.29, 0.717) is 42.7 Å². The number of carbonyl (C=O) groups is 2. The number of aliphatic hydroxyl groups is 1. The van der Waals surface area contributed by atoms with Crippen LogP contribution in [0.1, 0.15) is 93.9 Å². The minimum absolute atomic E-state index is 0.0247.